The van der Waals surface area contributed by atoms with Crippen molar-refractivity contribution in [3.05, 3.63) is 34.9 Å². The number of benzene rings is 1. The zero-order valence-corrected chi connectivity index (χ0v) is 13.2. The van der Waals surface area contributed by atoms with Gasteiger partial charge in [-0.15, -0.1) is 0 Å². The first-order chi connectivity index (χ1) is 8.51. The van der Waals surface area contributed by atoms with E-state index in [1.54, 1.807) is 0 Å². The number of nitrogens with one attached hydrogen (secondary N) is 1. The molecule has 2 atom stereocenters. The quantitative estimate of drug-likeness (QED) is 0.788. The summed E-state index contributed by atoms with van der Waals surface area (Å²) in [7, 11) is 0. The Morgan fingerprint density at radius 2 is 1.72 bits per heavy atom. The highest BCUT2D eigenvalue weighted by Gasteiger charge is 2.08. The fraction of sp³-hybridized carbons (Fsp3) is 0.625. The third kappa shape index (κ3) is 5.92. The summed E-state index contributed by atoms with van der Waals surface area (Å²) in [6.07, 6.45) is 1.24. The molecule has 0 aliphatic carbocycles. The van der Waals surface area contributed by atoms with Crippen molar-refractivity contribution in [2.24, 2.45) is 0 Å². The summed E-state index contributed by atoms with van der Waals surface area (Å²) >= 11 is 2.06. The van der Waals surface area contributed by atoms with Crippen molar-refractivity contribution in [1.29, 1.82) is 0 Å². The van der Waals surface area contributed by atoms with Crippen LogP contribution in [0.3, 0.4) is 0 Å². The lowest BCUT2D eigenvalue weighted by Crippen LogP contribution is -2.28. The van der Waals surface area contributed by atoms with Crippen LogP contribution < -0.4 is 5.32 Å². The number of thioether (sulfide) groups is 1. The van der Waals surface area contributed by atoms with Crippen molar-refractivity contribution in [3.63, 3.8) is 0 Å². The van der Waals surface area contributed by atoms with Crippen molar-refractivity contribution < 1.29 is 0 Å². The fourth-order valence-electron chi connectivity index (χ4n) is 2.39. The van der Waals surface area contributed by atoms with Gasteiger partial charge in [-0.25, -0.2) is 0 Å². The van der Waals surface area contributed by atoms with Gasteiger partial charge in [0, 0.05) is 17.0 Å². The first-order valence-corrected chi connectivity index (χ1v) is 7.98. The molecule has 18 heavy (non-hydrogen) atoms. The molecule has 1 aromatic carbocycles. The van der Waals surface area contributed by atoms with Gasteiger partial charge in [0.15, 0.2) is 0 Å². The largest absolute Gasteiger partial charge is 0.314 e. The maximum atomic E-state index is 3.48. The van der Waals surface area contributed by atoms with Gasteiger partial charge in [0.2, 0.25) is 0 Å². The molecule has 2 unspecified atom stereocenters. The molecule has 0 heterocycles. The van der Waals surface area contributed by atoms with Crippen LogP contribution in [0.5, 0.6) is 0 Å². The summed E-state index contributed by atoms with van der Waals surface area (Å²) in [5, 5.41) is 4.19. The van der Waals surface area contributed by atoms with Gasteiger partial charge in [-0.3, -0.25) is 0 Å². The summed E-state index contributed by atoms with van der Waals surface area (Å²) in [6, 6.07) is 7.47. The maximum Gasteiger partial charge on any atom is 0.0187 e. The molecule has 0 amide bonds. The third-order valence-electron chi connectivity index (χ3n) is 3.05. The molecule has 2 heteroatoms. The second-order valence-electron chi connectivity index (χ2n) is 5.31. The van der Waals surface area contributed by atoms with E-state index < -0.39 is 0 Å². The third-order valence-corrected chi connectivity index (χ3v) is 4.32. The normalized spacial score (nSPS) is 14.5. The molecule has 0 aliphatic heterocycles. The molecule has 0 aromatic heterocycles. The lowest BCUT2D eigenvalue weighted by atomic mass is 10.1. The van der Waals surface area contributed by atoms with Crippen molar-refractivity contribution in [2.75, 3.05) is 6.54 Å². The molecule has 0 fully saturated rings. The van der Waals surface area contributed by atoms with Crippen LogP contribution in [-0.4, -0.2) is 17.8 Å². The number of hydrogen-bond donors (Lipinski definition) is 1. The number of aryl methyl sites for hydroxylation is 2. The topological polar surface area (TPSA) is 12.0 Å². The Kier molecular flexibility index (Phi) is 6.80. The van der Waals surface area contributed by atoms with E-state index in [1.807, 2.05) is 0 Å². The number of rotatable bonds is 7. The van der Waals surface area contributed by atoms with E-state index in [1.165, 1.54) is 23.1 Å². The summed E-state index contributed by atoms with van der Waals surface area (Å²) in [5.74, 6) is 1.13. The molecular weight excluding hydrogens is 238 g/mol. The number of hydrogen-bond acceptors (Lipinski definition) is 2. The van der Waals surface area contributed by atoms with E-state index >= 15 is 0 Å². The van der Waals surface area contributed by atoms with Crippen molar-refractivity contribution in [3.8, 4) is 0 Å². The van der Waals surface area contributed by atoms with Crippen LogP contribution in [0, 0.1) is 13.8 Å². The molecule has 0 bridgehead atoms. The van der Waals surface area contributed by atoms with E-state index in [2.05, 4.69) is 69.9 Å². The summed E-state index contributed by atoms with van der Waals surface area (Å²) in [6.45, 7) is 12.2. The Morgan fingerprint density at radius 3 is 2.28 bits per heavy atom. The van der Waals surface area contributed by atoms with Crippen molar-refractivity contribution in [2.45, 2.75) is 58.1 Å². The molecule has 0 saturated carbocycles. The molecule has 0 aliphatic rings. The zero-order valence-electron chi connectivity index (χ0n) is 12.4. The van der Waals surface area contributed by atoms with E-state index in [4.69, 9.17) is 0 Å². The Bertz CT molecular complexity index is 342. The van der Waals surface area contributed by atoms with Crippen LogP contribution >= 0.6 is 11.8 Å². The molecule has 1 aromatic rings. The van der Waals surface area contributed by atoms with Gasteiger partial charge in [0.05, 0.1) is 0 Å². The van der Waals surface area contributed by atoms with Crippen LogP contribution in [-0.2, 0) is 5.75 Å². The highest BCUT2D eigenvalue weighted by Crippen LogP contribution is 2.22. The minimum Gasteiger partial charge on any atom is -0.314 e. The van der Waals surface area contributed by atoms with E-state index in [0.29, 0.717) is 11.3 Å². The standard InChI is InChI=1S/C16H27NS/c1-6-17-14(4)10-15(5)18-11-16-8-12(2)7-13(3)9-16/h7-9,14-15,17H,6,10-11H2,1-5H3. The Labute approximate surface area is 117 Å². The predicted octanol–water partition coefficient (Wildman–Crippen LogP) is 4.31. The molecule has 1 rings (SSSR count). The minimum atomic E-state index is 0.622. The Morgan fingerprint density at radius 1 is 1.11 bits per heavy atom. The first-order valence-electron chi connectivity index (χ1n) is 6.93. The van der Waals surface area contributed by atoms with Crippen molar-refractivity contribution in [1.82, 2.24) is 5.32 Å². The van der Waals surface area contributed by atoms with Crippen LogP contribution in [0.4, 0.5) is 0 Å². The van der Waals surface area contributed by atoms with Gasteiger partial charge in [-0.1, -0.05) is 43.2 Å². The van der Waals surface area contributed by atoms with Gasteiger partial charge >= 0.3 is 0 Å². The molecule has 0 radical (unpaired) electrons. The second kappa shape index (κ2) is 7.85. The SMILES string of the molecule is CCNC(C)CC(C)SCc1cc(C)cc(C)c1. The minimum absolute atomic E-state index is 0.622. The molecule has 1 nitrogen and oxygen atoms in total. The van der Waals surface area contributed by atoms with Gasteiger partial charge in [-0.2, -0.15) is 11.8 Å². The Hall–Kier alpha value is -0.470. The smallest absolute Gasteiger partial charge is 0.0187 e. The average molecular weight is 265 g/mol. The van der Waals surface area contributed by atoms with Gasteiger partial charge < -0.3 is 5.32 Å². The first kappa shape index (κ1) is 15.6. The molecular formula is C16H27NS. The van der Waals surface area contributed by atoms with Gasteiger partial charge in [-0.05, 0) is 39.3 Å². The van der Waals surface area contributed by atoms with Gasteiger partial charge in [0.25, 0.3) is 0 Å². The molecule has 1 N–H and O–H groups in total. The maximum absolute atomic E-state index is 3.48. The summed E-state index contributed by atoms with van der Waals surface area (Å²) in [5.41, 5.74) is 4.21. The second-order valence-corrected chi connectivity index (χ2v) is 6.74. The molecule has 0 saturated heterocycles. The monoisotopic (exact) mass is 265 g/mol. The van der Waals surface area contributed by atoms with Crippen LogP contribution in [0.2, 0.25) is 0 Å². The van der Waals surface area contributed by atoms with Crippen molar-refractivity contribution >= 4 is 11.8 Å². The predicted molar refractivity (Wildman–Crippen MR) is 84.4 cm³/mol. The van der Waals surface area contributed by atoms with Crippen LogP contribution in [0.1, 0.15) is 43.9 Å². The zero-order chi connectivity index (χ0) is 13.5. The molecule has 102 valence electrons. The molecule has 0 spiro atoms. The van der Waals surface area contributed by atoms with Crippen LogP contribution in [0.25, 0.3) is 0 Å². The van der Waals surface area contributed by atoms with Gasteiger partial charge in [0.1, 0.15) is 0 Å². The summed E-state index contributed by atoms with van der Waals surface area (Å²) in [4.78, 5) is 0. The van der Waals surface area contributed by atoms with E-state index in [9.17, 15) is 0 Å². The van der Waals surface area contributed by atoms with Crippen LogP contribution in [0.15, 0.2) is 18.2 Å². The highest BCUT2D eigenvalue weighted by molar-refractivity contribution is 7.99. The van der Waals surface area contributed by atoms with E-state index in [0.717, 1.165) is 12.3 Å². The lowest BCUT2D eigenvalue weighted by molar-refractivity contribution is 0.530. The average Bonchev–Trinajstić information content (AvgIpc) is 2.25. The lowest BCUT2D eigenvalue weighted by Gasteiger charge is -2.17. The Balaban J connectivity index is 2.39. The summed E-state index contributed by atoms with van der Waals surface area (Å²) < 4.78 is 0. The fourth-order valence-corrected chi connectivity index (χ4v) is 3.46. The van der Waals surface area contributed by atoms with E-state index in [-0.39, 0.29) is 0 Å². The highest BCUT2D eigenvalue weighted by atomic mass is 32.2.